The van der Waals surface area contributed by atoms with Gasteiger partial charge in [0.2, 0.25) is 0 Å². The lowest BCUT2D eigenvalue weighted by Gasteiger charge is -2.61. The van der Waals surface area contributed by atoms with Gasteiger partial charge in [0, 0.05) is 12.3 Å². The fourth-order valence-corrected chi connectivity index (χ4v) is 6.15. The van der Waals surface area contributed by atoms with Crippen molar-refractivity contribution in [2.24, 2.45) is 23.2 Å². The molecule has 0 radical (unpaired) electrons. The molecule has 4 saturated carbocycles. The van der Waals surface area contributed by atoms with Gasteiger partial charge < -0.3 is 4.74 Å². The maximum atomic E-state index is 13.3. The van der Waals surface area contributed by atoms with Gasteiger partial charge in [-0.1, -0.05) is 29.8 Å². The van der Waals surface area contributed by atoms with Gasteiger partial charge in [-0.25, -0.2) is 4.79 Å². The number of rotatable bonds is 4. The van der Waals surface area contributed by atoms with E-state index < -0.39 is 11.9 Å². The molecular weight excluding hydrogens is 322 g/mol. The number of halogens is 2. The van der Waals surface area contributed by atoms with Crippen LogP contribution in [0.5, 0.6) is 0 Å². The quantitative estimate of drug-likeness (QED) is 0.707. The second-order valence-corrected chi connectivity index (χ2v) is 8.82. The molecule has 4 aliphatic carbocycles. The van der Waals surface area contributed by atoms with Gasteiger partial charge >= 0.3 is 11.9 Å². The van der Waals surface area contributed by atoms with Crippen LogP contribution >= 0.6 is 0 Å². The van der Waals surface area contributed by atoms with Gasteiger partial charge in [-0.3, -0.25) is 0 Å². The van der Waals surface area contributed by atoms with E-state index in [0.717, 1.165) is 12.8 Å². The lowest BCUT2D eigenvalue weighted by atomic mass is 9.44. The molecule has 4 fully saturated rings. The predicted molar refractivity (Wildman–Crippen MR) is 91.5 cm³/mol. The highest BCUT2D eigenvalue weighted by Gasteiger charge is 2.58. The highest BCUT2D eigenvalue weighted by molar-refractivity contribution is 5.76. The van der Waals surface area contributed by atoms with Gasteiger partial charge in [-0.15, -0.1) is 0 Å². The van der Waals surface area contributed by atoms with Crippen molar-refractivity contribution in [1.29, 1.82) is 0 Å². The standard InChI is InChI=1S/C21H26F2O2/c1-13-3-5-16(6-4-13)18-17-8-14-7-15(9-17)11-21(18,10-14)12-25-19(24)20(2,22)23/h3-6,14-15,17-18H,7-12H2,1-2H3. The Labute approximate surface area is 147 Å². The van der Waals surface area contributed by atoms with Gasteiger partial charge in [0.1, 0.15) is 0 Å². The molecule has 4 bridgehead atoms. The third-order valence-corrected chi connectivity index (χ3v) is 6.75. The number of carbonyl (C=O) groups is 1. The van der Waals surface area contributed by atoms with Gasteiger partial charge in [-0.2, -0.15) is 8.78 Å². The van der Waals surface area contributed by atoms with E-state index >= 15 is 0 Å². The summed E-state index contributed by atoms with van der Waals surface area (Å²) in [4.78, 5) is 11.7. The Kier molecular flexibility index (Phi) is 3.93. The van der Waals surface area contributed by atoms with Crippen LogP contribution in [0.4, 0.5) is 8.78 Å². The van der Waals surface area contributed by atoms with Crippen LogP contribution < -0.4 is 0 Å². The molecule has 4 heteroatoms. The van der Waals surface area contributed by atoms with Crippen molar-refractivity contribution in [3.8, 4) is 0 Å². The molecule has 5 rings (SSSR count). The van der Waals surface area contributed by atoms with Crippen LogP contribution in [0.3, 0.4) is 0 Å². The summed E-state index contributed by atoms with van der Waals surface area (Å²) in [7, 11) is 0. The smallest absolute Gasteiger partial charge is 0.376 e. The summed E-state index contributed by atoms with van der Waals surface area (Å²) in [5.41, 5.74) is 2.35. The lowest BCUT2D eigenvalue weighted by molar-refractivity contribution is -0.181. The molecule has 0 heterocycles. The molecule has 0 saturated heterocycles. The van der Waals surface area contributed by atoms with Crippen LogP contribution in [0, 0.1) is 30.1 Å². The van der Waals surface area contributed by atoms with Crippen LogP contribution in [0.25, 0.3) is 0 Å². The molecule has 3 atom stereocenters. The minimum Gasteiger partial charge on any atom is -0.461 e. The zero-order valence-electron chi connectivity index (χ0n) is 14.9. The zero-order chi connectivity index (χ0) is 17.8. The third-order valence-electron chi connectivity index (χ3n) is 6.75. The largest absolute Gasteiger partial charge is 0.461 e. The number of hydrogen-bond acceptors (Lipinski definition) is 2. The minimum atomic E-state index is -3.42. The van der Waals surface area contributed by atoms with E-state index in [0.29, 0.717) is 30.6 Å². The van der Waals surface area contributed by atoms with E-state index in [2.05, 4.69) is 31.2 Å². The van der Waals surface area contributed by atoms with Crippen molar-refractivity contribution in [2.45, 2.75) is 57.8 Å². The number of benzene rings is 1. The molecule has 25 heavy (non-hydrogen) atoms. The van der Waals surface area contributed by atoms with Crippen molar-refractivity contribution in [1.82, 2.24) is 0 Å². The summed E-state index contributed by atoms with van der Waals surface area (Å²) in [5, 5.41) is 0. The van der Waals surface area contributed by atoms with Crippen molar-refractivity contribution in [3.63, 3.8) is 0 Å². The van der Waals surface area contributed by atoms with Crippen molar-refractivity contribution in [3.05, 3.63) is 35.4 Å². The van der Waals surface area contributed by atoms with Crippen LogP contribution in [-0.2, 0) is 9.53 Å². The summed E-state index contributed by atoms with van der Waals surface area (Å²) < 4.78 is 31.7. The zero-order valence-corrected chi connectivity index (χ0v) is 14.9. The Bertz CT molecular complexity index is 647. The first-order valence-corrected chi connectivity index (χ1v) is 9.38. The molecule has 0 aliphatic heterocycles. The van der Waals surface area contributed by atoms with Crippen molar-refractivity contribution < 1.29 is 18.3 Å². The average Bonchev–Trinajstić information content (AvgIpc) is 2.52. The second-order valence-electron chi connectivity index (χ2n) is 8.82. The first kappa shape index (κ1) is 17.0. The molecule has 3 unspecified atom stereocenters. The van der Waals surface area contributed by atoms with Crippen LogP contribution in [0.2, 0.25) is 0 Å². The average molecular weight is 348 g/mol. The summed E-state index contributed by atoms with van der Waals surface area (Å²) in [6, 6.07) is 8.61. The number of hydrogen-bond donors (Lipinski definition) is 0. The predicted octanol–water partition coefficient (Wildman–Crippen LogP) is 5.10. The molecule has 1 aromatic rings. The molecule has 0 N–H and O–H groups in total. The maximum absolute atomic E-state index is 13.3. The topological polar surface area (TPSA) is 26.3 Å². The minimum absolute atomic E-state index is 0.136. The first-order chi connectivity index (χ1) is 11.8. The maximum Gasteiger partial charge on any atom is 0.376 e. The molecule has 0 aromatic heterocycles. The second kappa shape index (κ2) is 5.78. The number of aryl methyl sites for hydroxylation is 1. The van der Waals surface area contributed by atoms with Gasteiger partial charge in [0.05, 0.1) is 6.61 Å². The molecular formula is C21H26F2O2. The van der Waals surface area contributed by atoms with Crippen molar-refractivity contribution >= 4 is 5.97 Å². The van der Waals surface area contributed by atoms with E-state index in [1.165, 1.54) is 30.4 Å². The van der Waals surface area contributed by atoms with Gasteiger partial charge in [0.25, 0.3) is 0 Å². The third kappa shape index (κ3) is 2.98. The fourth-order valence-electron chi connectivity index (χ4n) is 6.15. The van der Waals surface area contributed by atoms with Crippen LogP contribution in [0.15, 0.2) is 24.3 Å². The van der Waals surface area contributed by atoms with E-state index in [-0.39, 0.29) is 12.0 Å². The molecule has 0 spiro atoms. The normalized spacial score (nSPS) is 36.5. The van der Waals surface area contributed by atoms with Crippen molar-refractivity contribution in [2.75, 3.05) is 6.61 Å². The Balaban J connectivity index is 1.64. The highest BCUT2D eigenvalue weighted by Crippen LogP contribution is 2.66. The Morgan fingerprint density at radius 2 is 1.76 bits per heavy atom. The SMILES string of the molecule is Cc1ccc(C2C3CC4CC(C3)CC2(COC(=O)C(C)(F)F)C4)cc1. The van der Waals surface area contributed by atoms with Gasteiger partial charge in [-0.05, 0) is 68.3 Å². The summed E-state index contributed by atoms with van der Waals surface area (Å²) in [5.74, 6) is -2.55. The number of alkyl halides is 2. The summed E-state index contributed by atoms with van der Waals surface area (Å²) in [6.07, 6.45) is 5.72. The van der Waals surface area contributed by atoms with Gasteiger partial charge in [0.15, 0.2) is 0 Å². The highest BCUT2D eigenvalue weighted by atomic mass is 19.3. The monoisotopic (exact) mass is 348 g/mol. The number of esters is 1. The summed E-state index contributed by atoms with van der Waals surface area (Å²) >= 11 is 0. The number of ether oxygens (including phenoxy) is 1. The Morgan fingerprint density at radius 1 is 1.16 bits per heavy atom. The van der Waals surface area contributed by atoms with Crippen LogP contribution in [0.1, 0.15) is 56.1 Å². The molecule has 2 nitrogen and oxygen atoms in total. The molecule has 136 valence electrons. The van der Waals surface area contributed by atoms with E-state index in [4.69, 9.17) is 4.74 Å². The molecule has 4 aliphatic rings. The van der Waals surface area contributed by atoms with E-state index in [1.54, 1.807) is 0 Å². The summed E-state index contributed by atoms with van der Waals surface area (Å²) in [6.45, 7) is 2.82. The lowest BCUT2D eigenvalue weighted by Crippen LogP contribution is -2.54. The first-order valence-electron chi connectivity index (χ1n) is 9.38. The van der Waals surface area contributed by atoms with E-state index in [9.17, 15) is 13.6 Å². The van der Waals surface area contributed by atoms with E-state index in [1.807, 2.05) is 0 Å². The Morgan fingerprint density at radius 3 is 2.32 bits per heavy atom. The molecule has 1 aromatic carbocycles. The molecule has 0 amide bonds. The Hall–Kier alpha value is -1.45. The fraction of sp³-hybridized carbons (Fsp3) is 0.667. The number of carbonyl (C=O) groups excluding carboxylic acids is 1. The van der Waals surface area contributed by atoms with Crippen LogP contribution in [-0.4, -0.2) is 18.5 Å².